The number of thioether (sulfide) groups is 1. The van der Waals surface area contributed by atoms with Crippen molar-refractivity contribution in [3.05, 3.63) is 29.6 Å². The molecular formula is C11H18N4OS. The predicted octanol–water partition coefficient (Wildman–Crippen LogP) is 1.02. The van der Waals surface area contributed by atoms with Gasteiger partial charge in [0.05, 0.1) is 0 Å². The smallest absolute Gasteiger partial charge is 0.188 e. The van der Waals surface area contributed by atoms with Gasteiger partial charge in [-0.25, -0.2) is 0 Å². The van der Waals surface area contributed by atoms with E-state index in [0.29, 0.717) is 5.69 Å². The third-order valence-corrected chi connectivity index (χ3v) is 2.92. The molecule has 0 unspecified atom stereocenters. The van der Waals surface area contributed by atoms with E-state index in [1.165, 1.54) is 5.75 Å². The summed E-state index contributed by atoms with van der Waals surface area (Å²) in [6, 6.07) is 3.73. The lowest BCUT2D eigenvalue weighted by Gasteiger charge is -2.05. The van der Waals surface area contributed by atoms with E-state index in [1.807, 2.05) is 23.9 Å². The molecule has 1 aromatic heterocycles. The summed E-state index contributed by atoms with van der Waals surface area (Å²) in [6.07, 6.45) is 4.91. The maximum Gasteiger partial charge on any atom is 0.188 e. The predicted molar refractivity (Wildman–Crippen MR) is 71.5 cm³/mol. The molecule has 0 aliphatic heterocycles. The van der Waals surface area contributed by atoms with Crippen LogP contribution in [-0.4, -0.2) is 34.6 Å². The molecule has 0 saturated carbocycles. The van der Waals surface area contributed by atoms with E-state index in [2.05, 4.69) is 21.7 Å². The Morgan fingerprint density at radius 2 is 2.47 bits per heavy atom. The standard InChI is InChI=1S/C11H18N4OS/c1-17-6-2-4-13-8-9-3-5-14-10(7-9)11(12)15-16/h3,5,7,13,16H,2,4,6,8H2,1H3,(H2,12,15). The second-order valence-electron chi connectivity index (χ2n) is 3.56. The number of amidine groups is 1. The fraction of sp³-hybridized carbons (Fsp3) is 0.455. The van der Waals surface area contributed by atoms with Gasteiger partial charge in [0, 0.05) is 12.7 Å². The number of nitrogens with one attached hydrogen (secondary N) is 1. The van der Waals surface area contributed by atoms with Crippen molar-refractivity contribution in [3.8, 4) is 0 Å². The van der Waals surface area contributed by atoms with Crippen LogP contribution in [0.2, 0.25) is 0 Å². The van der Waals surface area contributed by atoms with Crippen molar-refractivity contribution in [2.45, 2.75) is 13.0 Å². The van der Waals surface area contributed by atoms with Gasteiger partial charge in [0.1, 0.15) is 5.69 Å². The first-order valence-electron chi connectivity index (χ1n) is 5.40. The van der Waals surface area contributed by atoms with Gasteiger partial charge in [-0.2, -0.15) is 11.8 Å². The molecular weight excluding hydrogens is 236 g/mol. The Morgan fingerprint density at radius 1 is 1.65 bits per heavy atom. The summed E-state index contributed by atoms with van der Waals surface area (Å²) >= 11 is 1.85. The highest BCUT2D eigenvalue weighted by atomic mass is 32.2. The Labute approximate surface area is 105 Å². The molecule has 94 valence electrons. The van der Waals surface area contributed by atoms with Gasteiger partial charge in [-0.3, -0.25) is 4.98 Å². The number of aromatic nitrogens is 1. The van der Waals surface area contributed by atoms with E-state index in [-0.39, 0.29) is 5.84 Å². The average molecular weight is 254 g/mol. The molecule has 0 atom stereocenters. The van der Waals surface area contributed by atoms with Crippen molar-refractivity contribution >= 4 is 17.6 Å². The number of rotatable bonds is 7. The molecule has 0 spiro atoms. The van der Waals surface area contributed by atoms with Crippen LogP contribution < -0.4 is 11.1 Å². The highest BCUT2D eigenvalue weighted by Crippen LogP contribution is 2.02. The molecule has 0 amide bonds. The van der Waals surface area contributed by atoms with Crippen molar-refractivity contribution in [1.82, 2.24) is 10.3 Å². The van der Waals surface area contributed by atoms with Crippen LogP contribution in [0.1, 0.15) is 17.7 Å². The average Bonchev–Trinajstić information content (AvgIpc) is 2.38. The van der Waals surface area contributed by atoms with Crippen LogP contribution >= 0.6 is 11.8 Å². The second kappa shape index (κ2) is 7.92. The molecule has 0 saturated heterocycles. The summed E-state index contributed by atoms with van der Waals surface area (Å²) in [5, 5.41) is 14.8. The van der Waals surface area contributed by atoms with Crippen LogP contribution in [0.3, 0.4) is 0 Å². The highest BCUT2D eigenvalue weighted by molar-refractivity contribution is 7.98. The number of pyridine rings is 1. The maximum atomic E-state index is 8.56. The molecule has 0 radical (unpaired) electrons. The topological polar surface area (TPSA) is 83.5 Å². The molecule has 0 fully saturated rings. The van der Waals surface area contributed by atoms with E-state index >= 15 is 0 Å². The summed E-state index contributed by atoms with van der Waals surface area (Å²) in [5.41, 5.74) is 7.04. The molecule has 5 nitrogen and oxygen atoms in total. The fourth-order valence-electron chi connectivity index (χ4n) is 1.35. The second-order valence-corrected chi connectivity index (χ2v) is 4.54. The summed E-state index contributed by atoms with van der Waals surface area (Å²) in [7, 11) is 0. The molecule has 17 heavy (non-hydrogen) atoms. The highest BCUT2D eigenvalue weighted by Gasteiger charge is 2.01. The van der Waals surface area contributed by atoms with Crippen molar-refractivity contribution in [3.63, 3.8) is 0 Å². The van der Waals surface area contributed by atoms with Crippen LogP contribution in [0.25, 0.3) is 0 Å². The molecule has 1 aromatic rings. The SMILES string of the molecule is CSCCCNCc1ccnc(C(N)=NO)c1. The molecule has 1 heterocycles. The summed E-state index contributed by atoms with van der Waals surface area (Å²) < 4.78 is 0. The molecule has 0 bridgehead atoms. The lowest BCUT2D eigenvalue weighted by atomic mass is 10.2. The van der Waals surface area contributed by atoms with Gasteiger partial charge in [-0.05, 0) is 42.7 Å². The van der Waals surface area contributed by atoms with Crippen LogP contribution in [-0.2, 0) is 6.54 Å². The Balaban J connectivity index is 2.43. The van der Waals surface area contributed by atoms with Crippen molar-refractivity contribution < 1.29 is 5.21 Å². The quantitative estimate of drug-likeness (QED) is 0.222. The zero-order chi connectivity index (χ0) is 12.5. The van der Waals surface area contributed by atoms with Gasteiger partial charge >= 0.3 is 0 Å². The first-order valence-corrected chi connectivity index (χ1v) is 6.79. The summed E-state index contributed by atoms with van der Waals surface area (Å²) in [6.45, 7) is 1.75. The number of hydrogen-bond acceptors (Lipinski definition) is 5. The van der Waals surface area contributed by atoms with Crippen LogP contribution in [0.5, 0.6) is 0 Å². The van der Waals surface area contributed by atoms with E-state index < -0.39 is 0 Å². The first-order chi connectivity index (χ1) is 8.27. The Kier molecular flexibility index (Phi) is 6.42. The van der Waals surface area contributed by atoms with Gasteiger partial charge in [0.2, 0.25) is 0 Å². The third-order valence-electron chi connectivity index (χ3n) is 2.23. The van der Waals surface area contributed by atoms with E-state index in [9.17, 15) is 0 Å². The Morgan fingerprint density at radius 3 is 3.18 bits per heavy atom. The monoisotopic (exact) mass is 254 g/mol. The lowest BCUT2D eigenvalue weighted by molar-refractivity contribution is 0.318. The van der Waals surface area contributed by atoms with Crippen molar-refractivity contribution in [1.29, 1.82) is 0 Å². The number of nitrogens with zero attached hydrogens (tertiary/aromatic N) is 2. The molecule has 0 aliphatic rings. The lowest BCUT2D eigenvalue weighted by Crippen LogP contribution is -2.18. The zero-order valence-corrected chi connectivity index (χ0v) is 10.7. The fourth-order valence-corrected chi connectivity index (χ4v) is 1.78. The van der Waals surface area contributed by atoms with E-state index in [4.69, 9.17) is 10.9 Å². The van der Waals surface area contributed by atoms with Crippen molar-refractivity contribution in [2.75, 3.05) is 18.6 Å². The largest absolute Gasteiger partial charge is 0.409 e. The minimum atomic E-state index is 0.0363. The van der Waals surface area contributed by atoms with Gasteiger partial charge in [-0.15, -0.1) is 0 Å². The van der Waals surface area contributed by atoms with Crippen LogP contribution in [0.15, 0.2) is 23.5 Å². The van der Waals surface area contributed by atoms with Gasteiger partial charge < -0.3 is 16.3 Å². The molecule has 6 heteroatoms. The summed E-state index contributed by atoms with van der Waals surface area (Å²) in [4.78, 5) is 4.02. The third kappa shape index (κ3) is 5.06. The Hall–Kier alpha value is -1.27. The Bertz CT molecular complexity index is 370. The number of oxime groups is 1. The first kappa shape index (κ1) is 13.8. The van der Waals surface area contributed by atoms with Crippen LogP contribution in [0, 0.1) is 0 Å². The van der Waals surface area contributed by atoms with E-state index in [1.54, 1.807) is 6.20 Å². The molecule has 1 rings (SSSR count). The summed E-state index contributed by atoms with van der Waals surface area (Å²) in [5.74, 6) is 1.20. The molecule has 0 aliphatic carbocycles. The minimum absolute atomic E-state index is 0.0363. The minimum Gasteiger partial charge on any atom is -0.409 e. The normalized spacial score (nSPS) is 11.7. The number of hydrogen-bond donors (Lipinski definition) is 3. The number of nitrogens with two attached hydrogens (primary N) is 1. The zero-order valence-electron chi connectivity index (χ0n) is 9.89. The van der Waals surface area contributed by atoms with Gasteiger partial charge in [0.15, 0.2) is 5.84 Å². The van der Waals surface area contributed by atoms with Crippen LogP contribution in [0.4, 0.5) is 0 Å². The van der Waals surface area contributed by atoms with Gasteiger partial charge in [-0.1, -0.05) is 5.16 Å². The molecule has 0 aromatic carbocycles. The molecule has 4 N–H and O–H groups in total. The van der Waals surface area contributed by atoms with Crippen molar-refractivity contribution in [2.24, 2.45) is 10.9 Å². The van der Waals surface area contributed by atoms with Gasteiger partial charge in [0.25, 0.3) is 0 Å². The maximum absolute atomic E-state index is 8.56. The van der Waals surface area contributed by atoms with E-state index in [0.717, 1.165) is 25.1 Å².